The number of hydrogen-bond acceptors (Lipinski definition) is 6. The summed E-state index contributed by atoms with van der Waals surface area (Å²) in [5.74, 6) is -0.850. The van der Waals surface area contributed by atoms with E-state index in [-0.39, 0.29) is 28.3 Å². The van der Waals surface area contributed by atoms with Gasteiger partial charge in [0.15, 0.2) is 0 Å². The van der Waals surface area contributed by atoms with Crippen LogP contribution in [0.1, 0.15) is 24.1 Å². The van der Waals surface area contributed by atoms with Crippen LogP contribution in [0.5, 0.6) is 0 Å². The fraction of sp³-hybridized carbons (Fsp3) is 0.211. The molecule has 1 atom stereocenters. The number of carbonyl (C=O) groups is 1. The lowest BCUT2D eigenvalue weighted by molar-refractivity contribution is -0.385. The molecule has 0 aliphatic rings. The van der Waals surface area contributed by atoms with E-state index in [0.29, 0.717) is 0 Å². The third-order valence-electron chi connectivity index (χ3n) is 3.93. The maximum Gasteiger partial charge on any atom is 0.335 e. The second-order valence-electron chi connectivity index (χ2n) is 5.93. The van der Waals surface area contributed by atoms with Gasteiger partial charge in [0.1, 0.15) is 0 Å². The number of para-hydroxylation sites is 1. The Hall–Kier alpha value is -3.04. The number of benzene rings is 2. The van der Waals surface area contributed by atoms with Gasteiger partial charge < -0.3 is 4.74 Å². The van der Waals surface area contributed by atoms with Gasteiger partial charge in [-0.2, -0.15) is 4.72 Å². The number of nitro groups is 1. The van der Waals surface area contributed by atoms with E-state index in [1.807, 2.05) is 6.92 Å². The Morgan fingerprint density at radius 3 is 2.39 bits per heavy atom. The van der Waals surface area contributed by atoms with Crippen LogP contribution in [-0.2, 0) is 19.6 Å². The monoisotopic (exact) mass is 404 g/mol. The molecule has 0 spiro atoms. The predicted octanol–water partition coefficient (Wildman–Crippen LogP) is 3.04. The number of ether oxygens (including phenoxy) is 1. The fourth-order valence-electron chi connectivity index (χ4n) is 2.50. The molecule has 9 heteroatoms. The second kappa shape index (κ2) is 8.77. The van der Waals surface area contributed by atoms with Crippen molar-refractivity contribution in [3.63, 3.8) is 0 Å². The zero-order valence-electron chi connectivity index (χ0n) is 15.4. The van der Waals surface area contributed by atoms with E-state index in [1.54, 1.807) is 19.1 Å². The van der Waals surface area contributed by atoms with Crippen LogP contribution in [0.4, 0.5) is 5.69 Å². The largest absolute Gasteiger partial charge is 0.463 e. The lowest BCUT2D eigenvalue weighted by atomic mass is 9.99. The summed E-state index contributed by atoms with van der Waals surface area (Å²) in [7, 11) is -4.10. The first-order valence-corrected chi connectivity index (χ1v) is 9.84. The molecule has 2 rings (SSSR count). The lowest BCUT2D eigenvalue weighted by Gasteiger charge is -2.20. The standard InChI is InChI=1S/C19H20N2O6S/c1-4-27-19(22)14(3)18(16-7-5-6-8-17(16)21(23)24)20-28(25,26)15-11-9-13(2)10-12-15/h5-12,18,20H,3-4H2,1-2H3. The molecule has 148 valence electrons. The Morgan fingerprint density at radius 2 is 1.82 bits per heavy atom. The van der Waals surface area contributed by atoms with Crippen LogP contribution >= 0.6 is 0 Å². The molecule has 1 N–H and O–H groups in total. The number of nitrogens with one attached hydrogen (secondary N) is 1. The molecule has 2 aromatic carbocycles. The number of hydrogen-bond donors (Lipinski definition) is 1. The maximum absolute atomic E-state index is 12.8. The molecular formula is C19H20N2O6S. The minimum absolute atomic E-state index is 0.0127. The van der Waals surface area contributed by atoms with E-state index in [0.717, 1.165) is 5.56 Å². The first-order valence-electron chi connectivity index (χ1n) is 8.35. The van der Waals surface area contributed by atoms with Crippen molar-refractivity contribution in [2.75, 3.05) is 6.61 Å². The molecule has 0 saturated carbocycles. The SMILES string of the molecule is C=C(C(=O)OCC)C(NS(=O)(=O)c1ccc(C)cc1)c1ccccc1[N+](=O)[O-]. The first kappa shape index (κ1) is 21.3. The molecule has 0 radical (unpaired) electrons. The fourth-order valence-corrected chi connectivity index (χ4v) is 3.71. The highest BCUT2D eigenvalue weighted by atomic mass is 32.2. The number of nitrogens with zero attached hydrogens (tertiary/aromatic N) is 1. The molecule has 0 aromatic heterocycles. The summed E-state index contributed by atoms with van der Waals surface area (Å²) in [6, 6.07) is 10.2. The average molecular weight is 404 g/mol. The molecule has 0 amide bonds. The molecule has 0 fully saturated rings. The topological polar surface area (TPSA) is 116 Å². The zero-order chi connectivity index (χ0) is 20.9. The van der Waals surface area contributed by atoms with Crippen LogP contribution in [0.3, 0.4) is 0 Å². The summed E-state index contributed by atoms with van der Waals surface area (Å²) in [6.45, 7) is 7.06. The van der Waals surface area contributed by atoms with Crippen LogP contribution in [0, 0.1) is 17.0 Å². The van der Waals surface area contributed by atoms with E-state index < -0.39 is 27.0 Å². The van der Waals surface area contributed by atoms with Gasteiger partial charge in [-0.1, -0.05) is 42.5 Å². The van der Waals surface area contributed by atoms with Gasteiger partial charge in [-0.05, 0) is 26.0 Å². The minimum Gasteiger partial charge on any atom is -0.463 e. The summed E-state index contributed by atoms with van der Waals surface area (Å²) >= 11 is 0. The van der Waals surface area contributed by atoms with E-state index in [4.69, 9.17) is 4.74 Å². The van der Waals surface area contributed by atoms with Gasteiger partial charge in [-0.25, -0.2) is 13.2 Å². The Labute approximate surface area is 163 Å². The van der Waals surface area contributed by atoms with Crippen LogP contribution in [0.2, 0.25) is 0 Å². The third kappa shape index (κ3) is 4.81. The maximum atomic E-state index is 12.8. The van der Waals surface area contributed by atoms with Crippen molar-refractivity contribution in [2.45, 2.75) is 24.8 Å². The summed E-state index contributed by atoms with van der Waals surface area (Å²) < 4.78 is 32.9. The lowest BCUT2D eigenvalue weighted by Crippen LogP contribution is -2.32. The molecular weight excluding hydrogens is 384 g/mol. The van der Waals surface area contributed by atoms with Crippen LogP contribution in [0.15, 0.2) is 65.6 Å². The Balaban J connectivity index is 2.53. The van der Waals surface area contributed by atoms with Gasteiger partial charge in [0.05, 0.1) is 33.6 Å². The quantitative estimate of drug-likeness (QED) is 0.313. The highest BCUT2D eigenvalue weighted by Crippen LogP contribution is 2.31. The summed E-state index contributed by atoms with van der Waals surface area (Å²) in [6.07, 6.45) is 0. The number of aryl methyl sites for hydroxylation is 1. The van der Waals surface area contributed by atoms with Crippen molar-refractivity contribution in [3.05, 3.63) is 81.9 Å². The van der Waals surface area contributed by atoms with Crippen LogP contribution in [0.25, 0.3) is 0 Å². The van der Waals surface area contributed by atoms with Crippen molar-refractivity contribution in [2.24, 2.45) is 0 Å². The highest BCUT2D eigenvalue weighted by Gasteiger charge is 2.32. The normalized spacial score (nSPS) is 12.2. The molecule has 0 bridgehead atoms. The average Bonchev–Trinajstić information content (AvgIpc) is 2.66. The van der Waals surface area contributed by atoms with Crippen molar-refractivity contribution in [1.82, 2.24) is 4.72 Å². The molecule has 2 aromatic rings. The third-order valence-corrected chi connectivity index (χ3v) is 5.37. The number of esters is 1. The van der Waals surface area contributed by atoms with E-state index >= 15 is 0 Å². The van der Waals surface area contributed by atoms with Gasteiger partial charge in [0.25, 0.3) is 5.69 Å². The van der Waals surface area contributed by atoms with E-state index in [9.17, 15) is 23.3 Å². The summed E-state index contributed by atoms with van der Waals surface area (Å²) in [5, 5.41) is 11.4. The number of nitro benzene ring substituents is 1. The van der Waals surface area contributed by atoms with Crippen molar-refractivity contribution >= 4 is 21.7 Å². The molecule has 0 aliphatic heterocycles. The second-order valence-corrected chi connectivity index (χ2v) is 7.64. The first-order chi connectivity index (χ1) is 13.2. The van der Waals surface area contributed by atoms with E-state index in [2.05, 4.69) is 11.3 Å². The number of carbonyl (C=O) groups excluding carboxylic acids is 1. The minimum atomic E-state index is -4.10. The smallest absolute Gasteiger partial charge is 0.335 e. The van der Waals surface area contributed by atoms with Gasteiger partial charge in [-0.3, -0.25) is 10.1 Å². The van der Waals surface area contributed by atoms with Crippen LogP contribution in [-0.4, -0.2) is 25.9 Å². The van der Waals surface area contributed by atoms with Crippen molar-refractivity contribution in [3.8, 4) is 0 Å². The zero-order valence-corrected chi connectivity index (χ0v) is 16.2. The Kier molecular flexibility index (Phi) is 6.66. The van der Waals surface area contributed by atoms with E-state index in [1.165, 1.54) is 36.4 Å². The highest BCUT2D eigenvalue weighted by molar-refractivity contribution is 7.89. The predicted molar refractivity (Wildman–Crippen MR) is 103 cm³/mol. The van der Waals surface area contributed by atoms with Gasteiger partial charge in [0.2, 0.25) is 10.0 Å². The van der Waals surface area contributed by atoms with Crippen LogP contribution < -0.4 is 4.72 Å². The molecule has 0 aliphatic carbocycles. The molecule has 28 heavy (non-hydrogen) atoms. The molecule has 0 heterocycles. The number of sulfonamides is 1. The van der Waals surface area contributed by atoms with Gasteiger partial charge in [0, 0.05) is 6.07 Å². The Bertz CT molecular complexity index is 999. The van der Waals surface area contributed by atoms with Crippen molar-refractivity contribution in [1.29, 1.82) is 0 Å². The van der Waals surface area contributed by atoms with Crippen molar-refractivity contribution < 1.29 is 22.9 Å². The Morgan fingerprint density at radius 1 is 1.21 bits per heavy atom. The molecule has 8 nitrogen and oxygen atoms in total. The summed E-state index contributed by atoms with van der Waals surface area (Å²) in [5.41, 5.74) is 0.253. The van der Waals surface area contributed by atoms with Gasteiger partial charge >= 0.3 is 5.97 Å². The summed E-state index contributed by atoms with van der Waals surface area (Å²) in [4.78, 5) is 22.9. The molecule has 1 unspecified atom stereocenters. The van der Waals surface area contributed by atoms with Gasteiger partial charge in [-0.15, -0.1) is 0 Å². The number of rotatable bonds is 8. The molecule has 0 saturated heterocycles.